The van der Waals surface area contributed by atoms with Crippen LogP contribution < -0.4 is 10.6 Å². The quantitative estimate of drug-likeness (QED) is 0.625. The van der Waals surface area contributed by atoms with Crippen molar-refractivity contribution in [2.75, 3.05) is 11.9 Å². The molecule has 1 aliphatic rings. The van der Waals surface area contributed by atoms with E-state index >= 15 is 0 Å². The molecule has 0 radical (unpaired) electrons. The number of hydrogen-bond acceptors (Lipinski definition) is 3. The summed E-state index contributed by atoms with van der Waals surface area (Å²) in [5.74, 6) is 1.81. The first-order valence-electron chi connectivity index (χ1n) is 11.1. The first-order valence-corrected chi connectivity index (χ1v) is 11.1. The molecule has 5 nitrogen and oxygen atoms in total. The summed E-state index contributed by atoms with van der Waals surface area (Å²) in [6.07, 6.45) is 8.44. The first kappa shape index (κ1) is 21.6. The Morgan fingerprint density at radius 3 is 2.38 bits per heavy atom. The molecular weight excluding hydrogens is 360 g/mol. The summed E-state index contributed by atoms with van der Waals surface area (Å²) in [7, 11) is 0. The molecule has 0 spiro atoms. The zero-order chi connectivity index (χ0) is 20.8. The Labute approximate surface area is 175 Å². The lowest BCUT2D eigenvalue weighted by Crippen LogP contribution is -2.34. The molecule has 0 bridgehead atoms. The Balaban J connectivity index is 1.59. The van der Waals surface area contributed by atoms with Crippen molar-refractivity contribution < 1.29 is 4.79 Å². The maximum atomic E-state index is 12.5. The van der Waals surface area contributed by atoms with E-state index in [4.69, 9.17) is 0 Å². The van der Waals surface area contributed by atoms with Gasteiger partial charge in [0.25, 0.3) is 0 Å². The SMILES string of the molecule is CC(C)C(NCC(=O)Nc1ccnn1C(C)C)c1ccc(C2CCCCC2)cc1. The third-order valence-corrected chi connectivity index (χ3v) is 5.95. The van der Waals surface area contributed by atoms with Crippen LogP contribution in [-0.4, -0.2) is 22.2 Å². The zero-order valence-electron chi connectivity index (χ0n) is 18.3. The summed E-state index contributed by atoms with van der Waals surface area (Å²) in [4.78, 5) is 12.5. The number of rotatable bonds is 8. The molecule has 1 unspecified atom stereocenters. The van der Waals surface area contributed by atoms with Gasteiger partial charge in [0.2, 0.25) is 5.91 Å². The molecule has 1 amide bonds. The molecule has 1 heterocycles. The molecule has 1 saturated carbocycles. The second-order valence-electron chi connectivity index (χ2n) is 8.91. The number of amides is 1. The van der Waals surface area contributed by atoms with Gasteiger partial charge in [-0.25, -0.2) is 4.68 Å². The van der Waals surface area contributed by atoms with E-state index in [9.17, 15) is 4.79 Å². The van der Waals surface area contributed by atoms with Crippen LogP contribution in [0.1, 0.15) is 88.9 Å². The van der Waals surface area contributed by atoms with E-state index in [2.05, 4.69) is 53.8 Å². The normalized spacial score (nSPS) is 16.3. The number of anilines is 1. The van der Waals surface area contributed by atoms with E-state index < -0.39 is 0 Å². The molecule has 0 saturated heterocycles. The van der Waals surface area contributed by atoms with E-state index in [0.29, 0.717) is 5.92 Å². The van der Waals surface area contributed by atoms with Gasteiger partial charge in [-0.15, -0.1) is 0 Å². The molecule has 2 aromatic rings. The van der Waals surface area contributed by atoms with Crippen molar-refractivity contribution in [1.29, 1.82) is 0 Å². The van der Waals surface area contributed by atoms with Crippen LogP contribution in [0.5, 0.6) is 0 Å². The predicted molar refractivity (Wildman–Crippen MR) is 119 cm³/mol. The van der Waals surface area contributed by atoms with Crippen LogP contribution >= 0.6 is 0 Å². The Morgan fingerprint density at radius 2 is 1.76 bits per heavy atom. The molecule has 1 aromatic carbocycles. The highest BCUT2D eigenvalue weighted by Gasteiger charge is 2.19. The third-order valence-electron chi connectivity index (χ3n) is 5.95. The molecular formula is C24H36N4O. The Bertz CT molecular complexity index is 772. The predicted octanol–water partition coefficient (Wildman–Crippen LogP) is 5.44. The number of carbonyl (C=O) groups excluding carboxylic acids is 1. The van der Waals surface area contributed by atoms with E-state index in [1.54, 1.807) is 6.20 Å². The standard InChI is InChI=1S/C24H36N4O/c1-17(2)24(21-12-10-20(11-13-21)19-8-6-5-7-9-19)25-16-23(29)27-22-14-15-26-28(22)18(3)4/h10-15,17-19,24-25H,5-9,16H2,1-4H3,(H,27,29). The average Bonchev–Trinajstić information content (AvgIpc) is 3.17. The van der Waals surface area contributed by atoms with Crippen LogP contribution in [0.2, 0.25) is 0 Å². The number of hydrogen-bond donors (Lipinski definition) is 2. The van der Waals surface area contributed by atoms with E-state index in [-0.39, 0.29) is 24.5 Å². The molecule has 1 atom stereocenters. The number of benzene rings is 1. The molecule has 158 valence electrons. The Hall–Kier alpha value is -2.14. The van der Waals surface area contributed by atoms with Crippen LogP contribution in [0.4, 0.5) is 5.82 Å². The van der Waals surface area contributed by atoms with Crippen LogP contribution in [0.25, 0.3) is 0 Å². The van der Waals surface area contributed by atoms with Crippen molar-refractivity contribution in [2.45, 2.75) is 77.8 Å². The number of carbonyl (C=O) groups is 1. The second kappa shape index (κ2) is 10.1. The summed E-state index contributed by atoms with van der Waals surface area (Å²) in [6.45, 7) is 8.76. The van der Waals surface area contributed by atoms with Gasteiger partial charge in [0.05, 0.1) is 12.7 Å². The van der Waals surface area contributed by atoms with Gasteiger partial charge in [0.1, 0.15) is 5.82 Å². The van der Waals surface area contributed by atoms with Crippen LogP contribution in [0, 0.1) is 5.92 Å². The monoisotopic (exact) mass is 396 g/mol. The summed E-state index contributed by atoms with van der Waals surface area (Å²) in [6, 6.07) is 11.3. The molecule has 3 rings (SSSR count). The van der Waals surface area contributed by atoms with Gasteiger partial charge < -0.3 is 10.6 Å². The lowest BCUT2D eigenvalue weighted by atomic mass is 9.83. The number of nitrogens with zero attached hydrogens (tertiary/aromatic N) is 2. The van der Waals surface area contributed by atoms with Gasteiger partial charge in [-0.2, -0.15) is 5.10 Å². The molecule has 1 aliphatic carbocycles. The fraction of sp³-hybridized carbons (Fsp3) is 0.583. The number of nitrogens with one attached hydrogen (secondary N) is 2. The van der Waals surface area contributed by atoms with Crippen molar-refractivity contribution in [3.8, 4) is 0 Å². The molecule has 29 heavy (non-hydrogen) atoms. The summed E-state index contributed by atoms with van der Waals surface area (Å²) in [5, 5.41) is 10.7. The Kier molecular flexibility index (Phi) is 7.48. The maximum absolute atomic E-state index is 12.5. The lowest BCUT2D eigenvalue weighted by Gasteiger charge is -2.25. The zero-order valence-corrected chi connectivity index (χ0v) is 18.3. The first-order chi connectivity index (χ1) is 14.0. The van der Waals surface area contributed by atoms with Gasteiger partial charge in [0.15, 0.2) is 0 Å². The van der Waals surface area contributed by atoms with Crippen LogP contribution in [-0.2, 0) is 4.79 Å². The molecule has 1 fully saturated rings. The van der Waals surface area contributed by atoms with E-state index in [1.807, 2.05) is 24.6 Å². The van der Waals surface area contributed by atoms with Crippen molar-refractivity contribution in [3.63, 3.8) is 0 Å². The smallest absolute Gasteiger partial charge is 0.239 e. The van der Waals surface area contributed by atoms with Crippen molar-refractivity contribution in [1.82, 2.24) is 15.1 Å². The van der Waals surface area contributed by atoms with Crippen LogP contribution in [0.3, 0.4) is 0 Å². The average molecular weight is 397 g/mol. The summed E-state index contributed by atoms with van der Waals surface area (Å²) < 4.78 is 1.82. The van der Waals surface area contributed by atoms with Crippen molar-refractivity contribution >= 4 is 11.7 Å². The van der Waals surface area contributed by atoms with Gasteiger partial charge >= 0.3 is 0 Å². The van der Waals surface area contributed by atoms with Gasteiger partial charge in [0, 0.05) is 18.2 Å². The number of aromatic nitrogens is 2. The fourth-order valence-corrected chi connectivity index (χ4v) is 4.36. The second-order valence-corrected chi connectivity index (χ2v) is 8.91. The largest absolute Gasteiger partial charge is 0.310 e. The van der Waals surface area contributed by atoms with Crippen LogP contribution in [0.15, 0.2) is 36.5 Å². The molecule has 1 aromatic heterocycles. The summed E-state index contributed by atoms with van der Waals surface area (Å²) >= 11 is 0. The third kappa shape index (κ3) is 5.69. The van der Waals surface area contributed by atoms with Gasteiger partial charge in [-0.3, -0.25) is 4.79 Å². The minimum Gasteiger partial charge on any atom is -0.310 e. The minimum absolute atomic E-state index is 0.0446. The fourth-order valence-electron chi connectivity index (χ4n) is 4.36. The lowest BCUT2D eigenvalue weighted by molar-refractivity contribution is -0.115. The molecule has 0 aliphatic heterocycles. The van der Waals surface area contributed by atoms with Gasteiger partial charge in [-0.1, -0.05) is 57.4 Å². The molecule has 2 N–H and O–H groups in total. The highest BCUT2D eigenvalue weighted by molar-refractivity contribution is 5.91. The molecule has 5 heteroatoms. The van der Waals surface area contributed by atoms with Gasteiger partial charge in [-0.05, 0) is 49.7 Å². The van der Waals surface area contributed by atoms with Crippen molar-refractivity contribution in [2.24, 2.45) is 5.92 Å². The van der Waals surface area contributed by atoms with E-state index in [1.165, 1.54) is 43.2 Å². The minimum atomic E-state index is -0.0446. The topological polar surface area (TPSA) is 59.0 Å². The Morgan fingerprint density at radius 1 is 1.07 bits per heavy atom. The highest BCUT2D eigenvalue weighted by atomic mass is 16.2. The van der Waals surface area contributed by atoms with E-state index in [0.717, 1.165) is 11.7 Å². The maximum Gasteiger partial charge on any atom is 0.239 e. The summed E-state index contributed by atoms with van der Waals surface area (Å²) in [5.41, 5.74) is 2.72. The highest BCUT2D eigenvalue weighted by Crippen LogP contribution is 2.33. The van der Waals surface area contributed by atoms with Crippen molar-refractivity contribution in [3.05, 3.63) is 47.7 Å².